The van der Waals surface area contributed by atoms with Crippen molar-refractivity contribution in [2.75, 3.05) is 18.0 Å². The highest BCUT2D eigenvalue weighted by Gasteiger charge is 2.21. The molecule has 1 aromatic heterocycles. The lowest BCUT2D eigenvalue weighted by molar-refractivity contribution is 0.100. The number of carbonyl (C=O) groups is 1. The Balaban J connectivity index is 2.28. The van der Waals surface area contributed by atoms with Gasteiger partial charge in [0.25, 0.3) is 5.91 Å². The van der Waals surface area contributed by atoms with Crippen molar-refractivity contribution in [2.24, 2.45) is 11.7 Å². The highest BCUT2D eigenvalue weighted by Crippen LogP contribution is 2.23. The van der Waals surface area contributed by atoms with Crippen LogP contribution in [-0.2, 0) is 0 Å². The fourth-order valence-corrected chi connectivity index (χ4v) is 2.22. The van der Waals surface area contributed by atoms with Gasteiger partial charge >= 0.3 is 0 Å². The Morgan fingerprint density at radius 2 is 2.44 bits per heavy atom. The van der Waals surface area contributed by atoms with Gasteiger partial charge in [-0.1, -0.05) is 6.92 Å². The van der Waals surface area contributed by atoms with Crippen molar-refractivity contribution in [1.82, 2.24) is 4.98 Å². The number of rotatable bonds is 2. The lowest BCUT2D eigenvalue weighted by Gasteiger charge is -2.32. The van der Waals surface area contributed by atoms with Crippen LogP contribution in [0.15, 0.2) is 18.3 Å². The van der Waals surface area contributed by atoms with Crippen LogP contribution in [-0.4, -0.2) is 24.0 Å². The number of aromatic nitrogens is 1. The van der Waals surface area contributed by atoms with Crippen molar-refractivity contribution in [3.63, 3.8) is 0 Å². The summed E-state index contributed by atoms with van der Waals surface area (Å²) in [6.45, 7) is 4.14. The van der Waals surface area contributed by atoms with Gasteiger partial charge in [-0.3, -0.25) is 4.79 Å². The van der Waals surface area contributed by atoms with Gasteiger partial charge in [0.1, 0.15) is 5.82 Å². The zero-order valence-corrected chi connectivity index (χ0v) is 9.52. The summed E-state index contributed by atoms with van der Waals surface area (Å²) in [6, 6.07) is 3.49. The normalized spacial score (nSPS) is 20.8. The number of nitrogens with two attached hydrogens (primary N) is 1. The molecule has 2 rings (SSSR count). The first-order valence-electron chi connectivity index (χ1n) is 5.68. The lowest BCUT2D eigenvalue weighted by Crippen LogP contribution is -2.36. The smallest absolute Gasteiger partial charge is 0.252 e. The van der Waals surface area contributed by atoms with Crippen LogP contribution in [0.2, 0.25) is 0 Å². The molecular weight excluding hydrogens is 202 g/mol. The summed E-state index contributed by atoms with van der Waals surface area (Å²) in [5.41, 5.74) is 5.87. The first kappa shape index (κ1) is 10.9. The zero-order valence-electron chi connectivity index (χ0n) is 9.52. The van der Waals surface area contributed by atoms with Crippen LogP contribution < -0.4 is 10.6 Å². The highest BCUT2D eigenvalue weighted by molar-refractivity contribution is 5.97. The van der Waals surface area contributed by atoms with E-state index < -0.39 is 5.91 Å². The first-order chi connectivity index (χ1) is 7.68. The van der Waals surface area contributed by atoms with E-state index in [-0.39, 0.29) is 0 Å². The quantitative estimate of drug-likeness (QED) is 0.818. The summed E-state index contributed by atoms with van der Waals surface area (Å²) < 4.78 is 0. The predicted octanol–water partition coefficient (Wildman–Crippen LogP) is 1.42. The van der Waals surface area contributed by atoms with E-state index in [1.54, 1.807) is 18.3 Å². The zero-order chi connectivity index (χ0) is 11.5. The Hall–Kier alpha value is -1.58. The van der Waals surface area contributed by atoms with Crippen LogP contribution in [0.5, 0.6) is 0 Å². The number of nitrogens with zero attached hydrogens (tertiary/aromatic N) is 2. The summed E-state index contributed by atoms with van der Waals surface area (Å²) in [5.74, 6) is 0.986. The van der Waals surface area contributed by atoms with E-state index in [1.165, 1.54) is 6.42 Å². The molecule has 0 aliphatic carbocycles. The minimum atomic E-state index is -0.402. The summed E-state index contributed by atoms with van der Waals surface area (Å²) in [4.78, 5) is 17.7. The molecule has 86 valence electrons. The minimum absolute atomic E-state index is 0.402. The average Bonchev–Trinajstić information content (AvgIpc) is 2.29. The summed E-state index contributed by atoms with van der Waals surface area (Å²) in [5, 5.41) is 0. The largest absolute Gasteiger partial charge is 0.365 e. The number of piperidine rings is 1. The summed E-state index contributed by atoms with van der Waals surface area (Å²) in [6.07, 6.45) is 4.10. The minimum Gasteiger partial charge on any atom is -0.365 e. The van der Waals surface area contributed by atoms with Crippen molar-refractivity contribution in [2.45, 2.75) is 19.8 Å². The maximum atomic E-state index is 11.3. The number of hydrogen-bond acceptors (Lipinski definition) is 3. The van der Waals surface area contributed by atoms with Gasteiger partial charge in [-0.15, -0.1) is 0 Å². The van der Waals surface area contributed by atoms with Gasteiger partial charge in [0.2, 0.25) is 0 Å². The van der Waals surface area contributed by atoms with Gasteiger partial charge in [-0.05, 0) is 30.9 Å². The van der Waals surface area contributed by atoms with Gasteiger partial charge in [0, 0.05) is 19.3 Å². The number of amides is 1. The van der Waals surface area contributed by atoms with Crippen molar-refractivity contribution in [3.05, 3.63) is 23.9 Å². The fraction of sp³-hybridized carbons (Fsp3) is 0.500. The summed E-state index contributed by atoms with van der Waals surface area (Å²) in [7, 11) is 0. The maximum Gasteiger partial charge on any atom is 0.252 e. The van der Waals surface area contributed by atoms with Crippen LogP contribution in [0.4, 0.5) is 5.82 Å². The maximum absolute atomic E-state index is 11.3. The predicted molar refractivity (Wildman–Crippen MR) is 63.4 cm³/mol. The lowest BCUT2D eigenvalue weighted by atomic mass is 10.00. The van der Waals surface area contributed by atoms with Crippen LogP contribution in [0.3, 0.4) is 0 Å². The molecule has 0 saturated carbocycles. The molecule has 1 aromatic rings. The molecule has 1 amide bonds. The second-order valence-electron chi connectivity index (χ2n) is 4.43. The van der Waals surface area contributed by atoms with Crippen molar-refractivity contribution in [3.8, 4) is 0 Å². The van der Waals surface area contributed by atoms with Gasteiger partial charge in [-0.2, -0.15) is 0 Å². The second kappa shape index (κ2) is 4.51. The molecule has 0 radical (unpaired) electrons. The molecule has 1 aliphatic heterocycles. The Labute approximate surface area is 95.5 Å². The van der Waals surface area contributed by atoms with Gasteiger partial charge in [-0.25, -0.2) is 4.98 Å². The van der Waals surface area contributed by atoms with E-state index in [9.17, 15) is 4.79 Å². The molecule has 0 aromatic carbocycles. The average molecular weight is 219 g/mol. The van der Waals surface area contributed by atoms with E-state index in [0.29, 0.717) is 11.5 Å². The van der Waals surface area contributed by atoms with Crippen LogP contribution in [0.1, 0.15) is 30.1 Å². The Bertz CT molecular complexity index is 392. The van der Waals surface area contributed by atoms with Crippen molar-refractivity contribution >= 4 is 11.7 Å². The Morgan fingerprint density at radius 1 is 1.62 bits per heavy atom. The number of anilines is 1. The molecule has 1 atom stereocenters. The summed E-state index contributed by atoms with van der Waals surface area (Å²) >= 11 is 0. The Morgan fingerprint density at radius 3 is 3.12 bits per heavy atom. The molecule has 1 saturated heterocycles. The fourth-order valence-electron chi connectivity index (χ4n) is 2.22. The number of pyridine rings is 1. The number of primary amides is 1. The van der Waals surface area contributed by atoms with Gasteiger partial charge < -0.3 is 10.6 Å². The molecule has 4 nitrogen and oxygen atoms in total. The third-order valence-corrected chi connectivity index (χ3v) is 3.01. The number of hydrogen-bond donors (Lipinski definition) is 1. The SMILES string of the molecule is CC1CCCN(c2ncccc2C(N)=O)C1. The molecule has 16 heavy (non-hydrogen) atoms. The molecule has 1 aliphatic rings. The third-order valence-electron chi connectivity index (χ3n) is 3.01. The van der Waals surface area contributed by atoms with Gasteiger partial charge in [0.15, 0.2) is 0 Å². The van der Waals surface area contributed by atoms with E-state index in [0.717, 1.165) is 25.3 Å². The first-order valence-corrected chi connectivity index (χ1v) is 5.68. The molecule has 0 spiro atoms. The third kappa shape index (κ3) is 2.15. The van der Waals surface area contributed by atoms with Crippen LogP contribution in [0, 0.1) is 5.92 Å². The second-order valence-corrected chi connectivity index (χ2v) is 4.43. The monoisotopic (exact) mass is 219 g/mol. The van der Waals surface area contributed by atoms with Crippen LogP contribution >= 0.6 is 0 Å². The van der Waals surface area contributed by atoms with E-state index in [4.69, 9.17) is 5.73 Å². The van der Waals surface area contributed by atoms with E-state index in [2.05, 4.69) is 16.8 Å². The van der Waals surface area contributed by atoms with E-state index in [1.807, 2.05) is 0 Å². The molecule has 2 N–H and O–H groups in total. The standard InChI is InChI=1S/C12H17N3O/c1-9-4-3-7-15(8-9)12-10(11(13)16)5-2-6-14-12/h2,5-6,9H,3-4,7-8H2,1H3,(H2,13,16). The molecule has 1 unspecified atom stereocenters. The Kier molecular flexibility index (Phi) is 3.08. The van der Waals surface area contributed by atoms with E-state index >= 15 is 0 Å². The molecular formula is C12H17N3O. The number of carbonyl (C=O) groups excluding carboxylic acids is 1. The van der Waals surface area contributed by atoms with Crippen LogP contribution in [0.25, 0.3) is 0 Å². The van der Waals surface area contributed by atoms with Crippen molar-refractivity contribution in [1.29, 1.82) is 0 Å². The molecule has 2 heterocycles. The molecule has 0 bridgehead atoms. The van der Waals surface area contributed by atoms with Gasteiger partial charge in [0.05, 0.1) is 5.56 Å². The molecule has 1 fully saturated rings. The van der Waals surface area contributed by atoms with Crippen molar-refractivity contribution < 1.29 is 4.79 Å². The topological polar surface area (TPSA) is 59.2 Å². The molecule has 4 heteroatoms. The highest BCUT2D eigenvalue weighted by atomic mass is 16.1.